The molecule has 2 aromatic rings. The largest absolute Gasteiger partial charge is 0.476 e. The van der Waals surface area contributed by atoms with E-state index in [0.29, 0.717) is 23.4 Å². The molecule has 0 fully saturated rings. The van der Waals surface area contributed by atoms with Crippen molar-refractivity contribution >= 4 is 38.9 Å². The van der Waals surface area contributed by atoms with Gasteiger partial charge in [-0.2, -0.15) is 4.39 Å². The van der Waals surface area contributed by atoms with E-state index in [1.807, 2.05) is 30.3 Å². The van der Waals surface area contributed by atoms with Crippen LogP contribution in [0.1, 0.15) is 52.4 Å². The Hall–Kier alpha value is -2.52. The normalized spacial score (nSPS) is 16.8. The number of thioether (sulfide) groups is 1. The summed E-state index contributed by atoms with van der Waals surface area (Å²) in [5.74, 6) is -3.11. The molecule has 1 aliphatic rings. The lowest BCUT2D eigenvalue weighted by atomic mass is 9.79. The van der Waals surface area contributed by atoms with Gasteiger partial charge in [-0.3, -0.25) is 0 Å². The minimum Gasteiger partial charge on any atom is -0.476 e. The number of rotatable bonds is 11. The molecule has 0 aliphatic carbocycles. The first-order chi connectivity index (χ1) is 17.2. The van der Waals surface area contributed by atoms with Gasteiger partial charge in [-0.25, -0.2) is 13.2 Å². The van der Waals surface area contributed by atoms with Crippen LogP contribution in [0.2, 0.25) is 0 Å². The summed E-state index contributed by atoms with van der Waals surface area (Å²) in [5.41, 5.74) is 1.01. The van der Waals surface area contributed by atoms with Gasteiger partial charge in [0.2, 0.25) is 5.83 Å². The zero-order chi connectivity index (χ0) is 26.3. The van der Waals surface area contributed by atoms with Gasteiger partial charge in [0.1, 0.15) is 12.0 Å². The summed E-state index contributed by atoms with van der Waals surface area (Å²) in [7, 11) is -3.75. The number of sulfone groups is 1. The second kappa shape index (κ2) is 12.1. The lowest BCUT2D eigenvalue weighted by Crippen LogP contribution is -2.38. The van der Waals surface area contributed by atoms with E-state index in [-0.39, 0.29) is 16.4 Å². The number of hydrogen-bond donors (Lipinski definition) is 1. The van der Waals surface area contributed by atoms with E-state index in [0.717, 1.165) is 44.2 Å². The fourth-order valence-electron chi connectivity index (χ4n) is 4.72. The number of carboxylic acids is 1. The maximum atomic E-state index is 13.9. The fraction of sp³-hybridized carbons (Fsp3) is 0.444. The van der Waals surface area contributed by atoms with Gasteiger partial charge in [0, 0.05) is 23.7 Å². The molecule has 0 saturated heterocycles. The maximum Gasteiger partial charge on any atom is 0.368 e. The van der Waals surface area contributed by atoms with Crippen molar-refractivity contribution in [2.24, 2.45) is 5.41 Å². The lowest BCUT2D eigenvalue weighted by Gasteiger charge is -2.37. The molecule has 0 spiro atoms. The Morgan fingerprint density at radius 3 is 2.36 bits per heavy atom. The molecule has 0 aromatic heterocycles. The molecular formula is C27H34FNO5S2. The van der Waals surface area contributed by atoms with Crippen LogP contribution in [0.25, 0.3) is 0 Å². The number of benzene rings is 2. The predicted octanol–water partition coefficient (Wildman–Crippen LogP) is 6.98. The molecule has 0 bridgehead atoms. The van der Waals surface area contributed by atoms with Gasteiger partial charge >= 0.3 is 5.97 Å². The highest BCUT2D eigenvalue weighted by molar-refractivity contribution is 7.98. The number of nitrogens with zero attached hydrogens (tertiary/aromatic N) is 1. The SMILES string of the molecule is CCCCC1(CCCC)CN(c2ccccc2)c2cc(SC)c(O/C=C(\F)C(=O)O)cc2S(=O)(=O)C1. The molecule has 0 saturated carbocycles. The standard InChI is InChI=1S/C27H34FNO5S2/c1-4-6-13-27(14-7-5-2)18-29(20-11-9-8-10-12-20)22-15-24(35-3)23(34-17-21(28)26(30)31)16-25(22)36(32,33)19-27/h8-12,15-17H,4-7,13-14,18-19H2,1-3H3,(H,30,31)/b21-17-. The molecule has 3 rings (SSSR count). The smallest absolute Gasteiger partial charge is 0.368 e. The molecule has 0 atom stereocenters. The molecule has 9 heteroatoms. The van der Waals surface area contributed by atoms with E-state index in [2.05, 4.69) is 18.7 Å². The van der Waals surface area contributed by atoms with E-state index in [1.165, 1.54) is 17.8 Å². The first-order valence-corrected chi connectivity index (χ1v) is 15.1. The van der Waals surface area contributed by atoms with Crippen LogP contribution < -0.4 is 9.64 Å². The van der Waals surface area contributed by atoms with Gasteiger partial charge in [-0.05, 0) is 37.3 Å². The summed E-state index contributed by atoms with van der Waals surface area (Å²) in [5, 5.41) is 8.83. The third-order valence-electron chi connectivity index (χ3n) is 6.54. The predicted molar refractivity (Wildman–Crippen MR) is 143 cm³/mol. The summed E-state index contributed by atoms with van der Waals surface area (Å²) in [6.45, 7) is 4.78. The van der Waals surface area contributed by atoms with Crippen LogP contribution in [-0.4, -0.2) is 38.0 Å². The van der Waals surface area contributed by atoms with Gasteiger partial charge in [0.05, 0.1) is 21.2 Å². The van der Waals surface area contributed by atoms with Crippen LogP contribution in [0.4, 0.5) is 15.8 Å². The molecule has 1 heterocycles. The second-order valence-electron chi connectivity index (χ2n) is 9.25. The highest BCUT2D eigenvalue weighted by atomic mass is 32.2. The number of hydrogen-bond acceptors (Lipinski definition) is 6. The molecule has 0 amide bonds. The lowest BCUT2D eigenvalue weighted by molar-refractivity contribution is -0.134. The molecule has 196 valence electrons. The Morgan fingerprint density at radius 2 is 1.81 bits per heavy atom. The van der Waals surface area contributed by atoms with Crippen molar-refractivity contribution in [2.45, 2.75) is 62.2 Å². The molecule has 0 radical (unpaired) electrons. The van der Waals surface area contributed by atoms with Crippen molar-refractivity contribution in [1.29, 1.82) is 0 Å². The van der Waals surface area contributed by atoms with Crippen molar-refractivity contribution in [3.8, 4) is 5.75 Å². The van der Waals surface area contributed by atoms with Crippen LogP contribution in [0.5, 0.6) is 5.75 Å². The summed E-state index contributed by atoms with van der Waals surface area (Å²) < 4.78 is 46.9. The number of anilines is 2. The highest BCUT2D eigenvalue weighted by Gasteiger charge is 2.42. The van der Waals surface area contributed by atoms with Crippen molar-refractivity contribution in [3.05, 3.63) is 54.6 Å². The highest BCUT2D eigenvalue weighted by Crippen LogP contribution is 2.47. The molecule has 0 unspecified atom stereocenters. The van der Waals surface area contributed by atoms with Gasteiger partial charge in [0.15, 0.2) is 9.84 Å². The van der Waals surface area contributed by atoms with Crippen molar-refractivity contribution in [3.63, 3.8) is 0 Å². The Bertz CT molecular complexity index is 1190. The number of para-hydroxylation sites is 1. The Morgan fingerprint density at radius 1 is 1.17 bits per heavy atom. The molecule has 1 aliphatic heterocycles. The van der Waals surface area contributed by atoms with Crippen LogP contribution in [0, 0.1) is 5.41 Å². The third kappa shape index (κ3) is 6.42. The molecule has 2 aromatic carbocycles. The fourth-order valence-corrected chi connectivity index (χ4v) is 7.38. The minimum atomic E-state index is -3.75. The first kappa shape index (κ1) is 28.1. The van der Waals surface area contributed by atoms with Crippen molar-refractivity contribution in [1.82, 2.24) is 0 Å². The zero-order valence-corrected chi connectivity index (χ0v) is 22.6. The first-order valence-electron chi connectivity index (χ1n) is 12.2. The average molecular weight is 536 g/mol. The number of ether oxygens (including phenoxy) is 1. The van der Waals surface area contributed by atoms with E-state index in [9.17, 15) is 17.6 Å². The number of aliphatic carboxylic acids is 1. The number of carboxylic acid groups (broad SMARTS) is 1. The van der Waals surface area contributed by atoms with Gasteiger partial charge in [-0.1, -0.05) is 57.7 Å². The van der Waals surface area contributed by atoms with E-state index in [1.54, 1.807) is 12.3 Å². The van der Waals surface area contributed by atoms with E-state index < -0.39 is 27.0 Å². The third-order valence-corrected chi connectivity index (χ3v) is 9.29. The quantitative estimate of drug-likeness (QED) is 0.189. The number of unbranched alkanes of at least 4 members (excludes halogenated alkanes) is 2. The van der Waals surface area contributed by atoms with Crippen LogP contribution in [-0.2, 0) is 14.6 Å². The maximum absolute atomic E-state index is 13.9. The number of carbonyl (C=O) groups is 1. The van der Waals surface area contributed by atoms with Crippen molar-refractivity contribution in [2.75, 3.05) is 23.5 Å². The van der Waals surface area contributed by atoms with Gasteiger partial charge in [-0.15, -0.1) is 11.8 Å². The Labute approximate surface area is 217 Å². The zero-order valence-electron chi connectivity index (χ0n) is 21.0. The van der Waals surface area contributed by atoms with E-state index >= 15 is 0 Å². The number of halogens is 1. The average Bonchev–Trinajstić information content (AvgIpc) is 2.96. The minimum absolute atomic E-state index is 0.00765. The topological polar surface area (TPSA) is 83.9 Å². The number of fused-ring (bicyclic) bond motifs is 1. The summed E-state index contributed by atoms with van der Waals surface area (Å²) >= 11 is 1.31. The second-order valence-corrected chi connectivity index (χ2v) is 12.1. The van der Waals surface area contributed by atoms with Crippen molar-refractivity contribution < 1.29 is 27.4 Å². The van der Waals surface area contributed by atoms with Gasteiger partial charge < -0.3 is 14.7 Å². The summed E-state index contributed by atoms with van der Waals surface area (Å²) in [4.78, 5) is 13.6. The van der Waals surface area contributed by atoms with Gasteiger partial charge in [0.25, 0.3) is 0 Å². The molecule has 36 heavy (non-hydrogen) atoms. The van der Waals surface area contributed by atoms with E-state index in [4.69, 9.17) is 9.84 Å². The summed E-state index contributed by atoms with van der Waals surface area (Å²) in [6, 6.07) is 12.9. The van der Waals surface area contributed by atoms with Crippen LogP contribution >= 0.6 is 11.8 Å². The molecular weight excluding hydrogens is 501 g/mol. The Balaban J connectivity index is 2.24. The summed E-state index contributed by atoms with van der Waals surface area (Å²) in [6.07, 6.45) is 7.71. The Kier molecular flexibility index (Phi) is 9.47. The molecule has 6 nitrogen and oxygen atoms in total. The van der Waals surface area contributed by atoms with Crippen LogP contribution in [0.3, 0.4) is 0 Å². The monoisotopic (exact) mass is 535 g/mol. The van der Waals surface area contributed by atoms with Crippen LogP contribution in [0.15, 0.2) is 64.3 Å². The molecule has 1 N–H and O–H groups in total.